The molecular weight excluding hydrogens is 258 g/mol. The van der Waals surface area contributed by atoms with Gasteiger partial charge in [0.2, 0.25) is 11.8 Å². The van der Waals surface area contributed by atoms with E-state index in [1.807, 2.05) is 19.1 Å². The third-order valence-corrected chi connectivity index (χ3v) is 3.59. The molecule has 0 aromatic heterocycles. The van der Waals surface area contributed by atoms with Crippen LogP contribution in [0.1, 0.15) is 23.6 Å². The number of aryl methyl sites for hydroxylation is 1. The number of rotatable bonds is 3. The number of carbonyl (C=O) groups is 2. The molecule has 1 saturated heterocycles. The zero-order chi connectivity index (χ0) is 14.9. The zero-order valence-corrected chi connectivity index (χ0v) is 11.3. The van der Waals surface area contributed by atoms with Crippen LogP contribution in [-0.2, 0) is 9.59 Å². The minimum absolute atomic E-state index is 0.0893. The number of nitrogens with zero attached hydrogens (tertiary/aromatic N) is 1. The molecule has 0 radical (unpaired) electrons. The first-order valence-electron chi connectivity index (χ1n) is 6.50. The molecule has 1 aliphatic rings. The highest BCUT2D eigenvalue weighted by Gasteiger charge is 2.39. The molecule has 2 amide bonds. The van der Waals surface area contributed by atoms with Gasteiger partial charge < -0.3 is 21.5 Å². The Hall–Kier alpha value is -1.92. The molecule has 6 nitrogen and oxygen atoms in total. The maximum Gasteiger partial charge on any atom is 0.244 e. The van der Waals surface area contributed by atoms with E-state index in [-0.39, 0.29) is 13.0 Å². The van der Waals surface area contributed by atoms with Crippen LogP contribution in [0, 0.1) is 6.92 Å². The standard InChI is InChI=1S/C14H19N3O3/c1-8-2-4-9(5-3-8)12(15)14(20)17-7-10(18)6-11(17)13(16)19/h2-5,10-12,18H,6-7,15H2,1H3,(H2,16,19). The number of carbonyl (C=O) groups excluding carboxylic acids is 2. The van der Waals surface area contributed by atoms with E-state index >= 15 is 0 Å². The fourth-order valence-corrected chi connectivity index (χ4v) is 2.42. The number of aliphatic hydroxyl groups is 1. The van der Waals surface area contributed by atoms with Crippen molar-refractivity contribution >= 4 is 11.8 Å². The van der Waals surface area contributed by atoms with E-state index in [0.717, 1.165) is 5.56 Å². The molecule has 2 rings (SSSR count). The first kappa shape index (κ1) is 14.5. The Balaban J connectivity index is 2.17. The lowest BCUT2D eigenvalue weighted by Crippen LogP contribution is -2.47. The quantitative estimate of drug-likeness (QED) is 0.688. The summed E-state index contributed by atoms with van der Waals surface area (Å²) in [6.45, 7) is 2.03. The third kappa shape index (κ3) is 2.81. The van der Waals surface area contributed by atoms with Gasteiger partial charge in [-0.25, -0.2) is 0 Å². The van der Waals surface area contributed by atoms with Crippen molar-refractivity contribution in [3.05, 3.63) is 35.4 Å². The average Bonchev–Trinajstić information content (AvgIpc) is 2.80. The molecule has 3 unspecified atom stereocenters. The van der Waals surface area contributed by atoms with Crippen molar-refractivity contribution in [2.45, 2.75) is 31.5 Å². The Morgan fingerprint density at radius 3 is 2.50 bits per heavy atom. The van der Waals surface area contributed by atoms with Gasteiger partial charge in [0, 0.05) is 13.0 Å². The summed E-state index contributed by atoms with van der Waals surface area (Å²) in [5.74, 6) is -1.01. The second kappa shape index (κ2) is 5.60. The number of aliphatic hydroxyl groups excluding tert-OH is 1. The van der Waals surface area contributed by atoms with Crippen molar-refractivity contribution in [2.24, 2.45) is 11.5 Å². The number of hydrogen-bond donors (Lipinski definition) is 3. The molecule has 1 heterocycles. The SMILES string of the molecule is Cc1ccc(C(N)C(=O)N2CC(O)CC2C(N)=O)cc1. The van der Waals surface area contributed by atoms with Crippen LogP contribution < -0.4 is 11.5 Å². The highest BCUT2D eigenvalue weighted by molar-refractivity contribution is 5.90. The first-order chi connectivity index (χ1) is 9.40. The molecule has 1 aromatic carbocycles. The largest absolute Gasteiger partial charge is 0.391 e. The summed E-state index contributed by atoms with van der Waals surface area (Å²) in [4.78, 5) is 25.0. The Morgan fingerprint density at radius 1 is 1.35 bits per heavy atom. The maximum absolute atomic E-state index is 12.4. The number of hydrogen-bond acceptors (Lipinski definition) is 4. The number of primary amides is 1. The maximum atomic E-state index is 12.4. The number of nitrogens with two attached hydrogens (primary N) is 2. The van der Waals surface area contributed by atoms with Crippen LogP contribution in [0.4, 0.5) is 0 Å². The van der Waals surface area contributed by atoms with E-state index in [0.29, 0.717) is 5.56 Å². The monoisotopic (exact) mass is 277 g/mol. The fourth-order valence-electron chi connectivity index (χ4n) is 2.42. The summed E-state index contributed by atoms with van der Waals surface area (Å²) in [5, 5.41) is 9.61. The minimum Gasteiger partial charge on any atom is -0.391 e. The van der Waals surface area contributed by atoms with Crippen LogP contribution >= 0.6 is 0 Å². The van der Waals surface area contributed by atoms with E-state index < -0.39 is 30.0 Å². The van der Waals surface area contributed by atoms with Crippen LogP contribution in [0.25, 0.3) is 0 Å². The predicted octanol–water partition coefficient (Wildman–Crippen LogP) is -0.558. The number of likely N-dealkylation sites (tertiary alicyclic amines) is 1. The van der Waals surface area contributed by atoms with E-state index in [2.05, 4.69) is 0 Å². The Morgan fingerprint density at radius 2 is 1.95 bits per heavy atom. The Labute approximate surface area is 117 Å². The molecular formula is C14H19N3O3. The van der Waals surface area contributed by atoms with Crippen molar-refractivity contribution < 1.29 is 14.7 Å². The molecule has 0 saturated carbocycles. The van der Waals surface area contributed by atoms with Gasteiger partial charge in [-0.15, -0.1) is 0 Å². The van der Waals surface area contributed by atoms with E-state index in [1.54, 1.807) is 12.1 Å². The van der Waals surface area contributed by atoms with Crippen molar-refractivity contribution in [3.63, 3.8) is 0 Å². The van der Waals surface area contributed by atoms with Gasteiger partial charge in [0.25, 0.3) is 0 Å². The molecule has 0 aliphatic carbocycles. The molecule has 1 aliphatic heterocycles. The highest BCUT2D eigenvalue weighted by Crippen LogP contribution is 2.22. The van der Waals surface area contributed by atoms with Gasteiger partial charge in [0.1, 0.15) is 12.1 Å². The summed E-state index contributed by atoms with van der Waals surface area (Å²) in [6, 6.07) is 5.66. The van der Waals surface area contributed by atoms with Gasteiger partial charge in [0.15, 0.2) is 0 Å². The predicted molar refractivity (Wildman–Crippen MR) is 73.4 cm³/mol. The molecule has 3 atom stereocenters. The van der Waals surface area contributed by atoms with Crippen molar-refractivity contribution in [1.29, 1.82) is 0 Å². The van der Waals surface area contributed by atoms with E-state index in [4.69, 9.17) is 11.5 Å². The van der Waals surface area contributed by atoms with Gasteiger partial charge >= 0.3 is 0 Å². The number of benzene rings is 1. The van der Waals surface area contributed by atoms with Gasteiger partial charge in [-0.3, -0.25) is 9.59 Å². The second-order valence-electron chi connectivity index (χ2n) is 5.19. The summed E-state index contributed by atoms with van der Waals surface area (Å²) in [5.41, 5.74) is 13.0. The molecule has 20 heavy (non-hydrogen) atoms. The normalized spacial score (nSPS) is 23.6. The van der Waals surface area contributed by atoms with Crippen LogP contribution in [-0.4, -0.2) is 40.5 Å². The van der Waals surface area contributed by atoms with Crippen molar-refractivity contribution in [3.8, 4) is 0 Å². The smallest absolute Gasteiger partial charge is 0.244 e. The molecule has 0 bridgehead atoms. The fraction of sp³-hybridized carbons (Fsp3) is 0.429. The van der Waals surface area contributed by atoms with Gasteiger partial charge in [-0.1, -0.05) is 29.8 Å². The number of β-amino-alcohol motifs (C(OH)–C–C–N with tert-alkyl or cyclic N) is 1. The average molecular weight is 277 g/mol. The highest BCUT2D eigenvalue weighted by atomic mass is 16.3. The first-order valence-corrected chi connectivity index (χ1v) is 6.50. The summed E-state index contributed by atoms with van der Waals surface area (Å²) in [7, 11) is 0. The van der Waals surface area contributed by atoms with E-state index in [9.17, 15) is 14.7 Å². The van der Waals surface area contributed by atoms with Gasteiger partial charge in [0.05, 0.1) is 6.10 Å². The van der Waals surface area contributed by atoms with Crippen LogP contribution in [0.2, 0.25) is 0 Å². The van der Waals surface area contributed by atoms with Crippen LogP contribution in [0.15, 0.2) is 24.3 Å². The van der Waals surface area contributed by atoms with Gasteiger partial charge in [-0.2, -0.15) is 0 Å². The second-order valence-corrected chi connectivity index (χ2v) is 5.19. The lowest BCUT2D eigenvalue weighted by molar-refractivity contribution is -0.138. The van der Waals surface area contributed by atoms with Gasteiger partial charge in [-0.05, 0) is 12.5 Å². The number of amides is 2. The summed E-state index contributed by atoms with van der Waals surface area (Å²) < 4.78 is 0. The Bertz CT molecular complexity index is 515. The van der Waals surface area contributed by atoms with Crippen molar-refractivity contribution in [1.82, 2.24) is 4.90 Å². The summed E-state index contributed by atoms with van der Waals surface area (Å²) >= 11 is 0. The van der Waals surface area contributed by atoms with E-state index in [1.165, 1.54) is 4.90 Å². The molecule has 1 fully saturated rings. The molecule has 108 valence electrons. The van der Waals surface area contributed by atoms with Crippen LogP contribution in [0.3, 0.4) is 0 Å². The lowest BCUT2D eigenvalue weighted by atomic mass is 10.0. The zero-order valence-electron chi connectivity index (χ0n) is 11.3. The Kier molecular flexibility index (Phi) is 4.06. The molecule has 0 spiro atoms. The van der Waals surface area contributed by atoms with Crippen LogP contribution in [0.5, 0.6) is 0 Å². The topological polar surface area (TPSA) is 110 Å². The minimum atomic E-state index is -0.859. The van der Waals surface area contributed by atoms with Crippen molar-refractivity contribution in [2.75, 3.05) is 6.54 Å². The third-order valence-electron chi connectivity index (χ3n) is 3.59. The summed E-state index contributed by atoms with van der Waals surface area (Å²) in [6.07, 6.45) is -0.566. The molecule has 1 aromatic rings. The molecule has 6 heteroatoms. The molecule has 5 N–H and O–H groups in total. The lowest BCUT2D eigenvalue weighted by Gasteiger charge is -2.25.